The minimum absolute atomic E-state index is 0.481. The second-order valence-corrected chi connectivity index (χ2v) is 6.34. The number of hydrogen-bond acceptors (Lipinski definition) is 2. The predicted molar refractivity (Wildman–Crippen MR) is 81.8 cm³/mol. The first-order valence-electron chi connectivity index (χ1n) is 5.94. The Morgan fingerprint density at radius 1 is 1.19 bits per heavy atom. The maximum Gasteiger partial charge on any atom is 0.416 e. The minimum Gasteiger partial charge on any atom is -0.319 e. The summed E-state index contributed by atoms with van der Waals surface area (Å²) in [6.45, 7) is 1.61. The molecule has 0 aliphatic rings. The van der Waals surface area contributed by atoms with E-state index >= 15 is 0 Å². The summed E-state index contributed by atoms with van der Waals surface area (Å²) in [5.74, 6) is 0. The van der Waals surface area contributed by atoms with Gasteiger partial charge in [-0.3, -0.25) is 4.98 Å². The second-order valence-electron chi connectivity index (χ2n) is 4.57. The average Bonchev–Trinajstić information content (AvgIpc) is 2.36. The molecule has 7 heteroatoms. The van der Waals surface area contributed by atoms with Crippen molar-refractivity contribution < 1.29 is 13.2 Å². The van der Waals surface area contributed by atoms with E-state index in [1.54, 1.807) is 19.2 Å². The Bertz CT molecular complexity index is 672. The van der Waals surface area contributed by atoms with Gasteiger partial charge in [0.25, 0.3) is 0 Å². The zero-order valence-electron chi connectivity index (χ0n) is 10.9. The molecule has 0 fully saturated rings. The third-order valence-electron chi connectivity index (χ3n) is 3.06. The maximum absolute atomic E-state index is 12.7. The van der Waals surface area contributed by atoms with E-state index in [9.17, 15) is 13.2 Å². The van der Waals surface area contributed by atoms with Crippen LogP contribution in [0, 0.1) is 6.92 Å². The molecule has 1 unspecified atom stereocenters. The molecule has 1 aromatic heterocycles. The molecule has 21 heavy (non-hydrogen) atoms. The number of nitrogens with two attached hydrogens (primary N) is 1. The van der Waals surface area contributed by atoms with Gasteiger partial charge < -0.3 is 5.73 Å². The lowest BCUT2D eigenvalue weighted by atomic mass is 9.97. The highest BCUT2D eigenvalue weighted by molar-refractivity contribution is 9.11. The van der Waals surface area contributed by atoms with Crippen LogP contribution in [0.4, 0.5) is 13.2 Å². The first-order chi connectivity index (χ1) is 9.70. The highest BCUT2D eigenvalue weighted by Crippen LogP contribution is 2.33. The molecule has 0 saturated heterocycles. The molecule has 1 aromatic carbocycles. The molecular weight excluding hydrogens is 413 g/mol. The molecule has 0 spiro atoms. The van der Waals surface area contributed by atoms with Gasteiger partial charge in [-0.1, -0.05) is 6.07 Å². The zero-order valence-corrected chi connectivity index (χ0v) is 14.1. The van der Waals surface area contributed by atoms with Crippen molar-refractivity contribution >= 4 is 31.9 Å². The fourth-order valence-electron chi connectivity index (χ4n) is 2.00. The molecule has 0 radical (unpaired) electrons. The van der Waals surface area contributed by atoms with E-state index in [0.717, 1.165) is 16.6 Å². The molecule has 0 aliphatic heterocycles. The number of nitrogens with zero attached hydrogens (tertiary/aromatic N) is 1. The summed E-state index contributed by atoms with van der Waals surface area (Å²) in [6.07, 6.45) is -2.76. The van der Waals surface area contributed by atoms with Crippen molar-refractivity contribution in [2.75, 3.05) is 0 Å². The van der Waals surface area contributed by atoms with Crippen LogP contribution in [0.5, 0.6) is 0 Å². The van der Waals surface area contributed by atoms with Crippen LogP contribution in [0.2, 0.25) is 0 Å². The topological polar surface area (TPSA) is 38.9 Å². The Balaban J connectivity index is 2.42. The lowest BCUT2D eigenvalue weighted by Crippen LogP contribution is -2.16. The minimum atomic E-state index is -4.36. The van der Waals surface area contributed by atoms with E-state index < -0.39 is 17.8 Å². The summed E-state index contributed by atoms with van der Waals surface area (Å²) in [7, 11) is 0. The lowest BCUT2D eigenvalue weighted by molar-refractivity contribution is -0.137. The van der Waals surface area contributed by atoms with Crippen LogP contribution in [0.25, 0.3) is 0 Å². The Morgan fingerprint density at radius 2 is 1.86 bits per heavy atom. The number of rotatable bonds is 2. The average molecular weight is 424 g/mol. The molecule has 1 heterocycles. The summed E-state index contributed by atoms with van der Waals surface area (Å²) in [6, 6.07) is 4.73. The number of hydrogen-bond donors (Lipinski definition) is 1. The van der Waals surface area contributed by atoms with Crippen LogP contribution >= 0.6 is 31.9 Å². The third kappa shape index (κ3) is 3.64. The van der Waals surface area contributed by atoms with E-state index in [1.165, 1.54) is 6.07 Å². The first-order valence-corrected chi connectivity index (χ1v) is 7.53. The number of aromatic nitrogens is 1. The number of aryl methyl sites for hydroxylation is 1. The number of halogens is 5. The van der Waals surface area contributed by atoms with Gasteiger partial charge in [0.05, 0.1) is 17.3 Å². The SMILES string of the molecule is Cc1cc(C(F)(F)F)ccc1C(N)c1ncc(Br)cc1Br. The molecule has 112 valence electrons. The van der Waals surface area contributed by atoms with Crippen molar-refractivity contribution in [2.24, 2.45) is 5.73 Å². The van der Waals surface area contributed by atoms with E-state index in [2.05, 4.69) is 36.8 Å². The monoisotopic (exact) mass is 422 g/mol. The summed E-state index contributed by atoms with van der Waals surface area (Å²) in [5.41, 5.74) is 7.12. The van der Waals surface area contributed by atoms with E-state index in [0.29, 0.717) is 21.3 Å². The Hall–Kier alpha value is -0.920. The number of pyridine rings is 1. The van der Waals surface area contributed by atoms with Crippen LogP contribution < -0.4 is 5.73 Å². The van der Waals surface area contributed by atoms with Crippen LogP contribution in [-0.4, -0.2) is 4.98 Å². The fraction of sp³-hybridized carbons (Fsp3) is 0.214. The first kappa shape index (κ1) is 16.5. The Labute approximate surface area is 136 Å². The van der Waals surface area contributed by atoms with Crippen LogP contribution in [-0.2, 0) is 6.18 Å². The second kappa shape index (κ2) is 6.06. The standard InChI is InChI=1S/C14H11Br2F3N2/c1-7-4-8(14(17,18)19)2-3-10(7)12(20)13-11(16)5-9(15)6-21-13/h2-6,12H,20H2,1H3. The van der Waals surface area contributed by atoms with Crippen molar-refractivity contribution in [2.45, 2.75) is 19.1 Å². The van der Waals surface area contributed by atoms with Crippen molar-refractivity contribution in [1.29, 1.82) is 0 Å². The van der Waals surface area contributed by atoms with E-state index in [4.69, 9.17) is 5.73 Å². The lowest BCUT2D eigenvalue weighted by Gasteiger charge is -2.17. The molecule has 1 atom stereocenters. The quantitative estimate of drug-likeness (QED) is 0.739. The largest absolute Gasteiger partial charge is 0.416 e. The van der Waals surface area contributed by atoms with Gasteiger partial charge in [-0.25, -0.2) is 0 Å². The normalized spacial score (nSPS) is 13.3. The molecular formula is C14H11Br2F3N2. The van der Waals surface area contributed by atoms with Gasteiger partial charge >= 0.3 is 6.18 Å². The van der Waals surface area contributed by atoms with Crippen LogP contribution in [0.3, 0.4) is 0 Å². The zero-order chi connectivity index (χ0) is 15.8. The Morgan fingerprint density at radius 3 is 2.38 bits per heavy atom. The third-order valence-corrected chi connectivity index (χ3v) is 4.13. The van der Waals surface area contributed by atoms with E-state index in [-0.39, 0.29) is 0 Å². The van der Waals surface area contributed by atoms with Crippen LogP contribution in [0.15, 0.2) is 39.4 Å². The molecule has 0 aliphatic carbocycles. The summed E-state index contributed by atoms with van der Waals surface area (Å²) < 4.78 is 39.5. The molecule has 2 rings (SSSR count). The molecule has 2 nitrogen and oxygen atoms in total. The van der Waals surface area contributed by atoms with Crippen molar-refractivity contribution in [3.8, 4) is 0 Å². The number of benzene rings is 1. The van der Waals surface area contributed by atoms with Gasteiger partial charge in [-0.2, -0.15) is 13.2 Å². The van der Waals surface area contributed by atoms with Gasteiger partial charge in [-0.15, -0.1) is 0 Å². The van der Waals surface area contributed by atoms with Crippen LogP contribution in [0.1, 0.15) is 28.4 Å². The van der Waals surface area contributed by atoms with Gasteiger partial charge in [0.15, 0.2) is 0 Å². The van der Waals surface area contributed by atoms with Crippen molar-refractivity contribution in [1.82, 2.24) is 4.98 Å². The molecule has 0 bridgehead atoms. The Kier molecular flexibility index (Phi) is 4.75. The summed E-state index contributed by atoms with van der Waals surface area (Å²) in [5, 5.41) is 0. The smallest absolute Gasteiger partial charge is 0.319 e. The molecule has 2 N–H and O–H groups in total. The van der Waals surface area contributed by atoms with Crippen molar-refractivity contribution in [3.63, 3.8) is 0 Å². The fourth-order valence-corrected chi connectivity index (χ4v) is 3.24. The van der Waals surface area contributed by atoms with Gasteiger partial charge in [0.2, 0.25) is 0 Å². The molecule has 2 aromatic rings. The predicted octanol–water partition coefficient (Wildman–Crippen LogP) is 4.98. The maximum atomic E-state index is 12.7. The molecule has 0 saturated carbocycles. The number of alkyl halides is 3. The van der Waals surface area contributed by atoms with Gasteiger partial charge in [0, 0.05) is 15.1 Å². The van der Waals surface area contributed by atoms with Gasteiger partial charge in [0.1, 0.15) is 0 Å². The summed E-state index contributed by atoms with van der Waals surface area (Å²) in [4.78, 5) is 4.23. The summed E-state index contributed by atoms with van der Waals surface area (Å²) >= 11 is 6.65. The highest BCUT2D eigenvalue weighted by atomic mass is 79.9. The van der Waals surface area contributed by atoms with E-state index in [1.807, 2.05) is 0 Å². The van der Waals surface area contributed by atoms with Gasteiger partial charge in [-0.05, 0) is 68.1 Å². The molecule has 0 amide bonds. The van der Waals surface area contributed by atoms with Crippen molar-refractivity contribution in [3.05, 3.63) is 61.8 Å². The highest BCUT2D eigenvalue weighted by Gasteiger charge is 2.31.